The second-order valence-corrected chi connectivity index (χ2v) is 12.3. The van der Waals surface area contributed by atoms with E-state index >= 15 is 0 Å². The van der Waals surface area contributed by atoms with Gasteiger partial charge >= 0.3 is 0 Å². The summed E-state index contributed by atoms with van der Waals surface area (Å²) in [5, 5.41) is 31.2. The first-order valence-electron chi connectivity index (χ1n) is 11.4. The van der Waals surface area contributed by atoms with E-state index in [1.807, 2.05) is 0 Å². The summed E-state index contributed by atoms with van der Waals surface area (Å²) in [4.78, 5) is 12.5. The minimum atomic E-state index is -4.11. The normalized spacial score (nSPS) is 35.5. The molecule has 1 aromatic carbocycles. The fraction of sp³-hybridized carbons (Fsp3) is 0.609. The SMILES string of the molecule is CC1C(F)=C(F)C(F)CC1NC(=O)c1ccc(Cl)c(S(=O)(=O)[C@@H]2CC3CC2[C@@]3(O)CC(O)CO)c1. The van der Waals surface area contributed by atoms with Crippen LogP contribution in [0, 0.1) is 17.8 Å². The zero-order valence-corrected chi connectivity index (χ0v) is 20.4. The van der Waals surface area contributed by atoms with E-state index in [2.05, 4.69) is 5.32 Å². The Hall–Kier alpha value is -1.66. The first kappa shape index (κ1) is 26.4. The number of hydrogen-bond donors (Lipinski definition) is 4. The van der Waals surface area contributed by atoms with Gasteiger partial charge in [0.1, 0.15) is 5.83 Å². The zero-order valence-electron chi connectivity index (χ0n) is 18.8. The number of aliphatic hydroxyl groups is 3. The summed E-state index contributed by atoms with van der Waals surface area (Å²) >= 11 is 6.18. The highest BCUT2D eigenvalue weighted by Crippen LogP contribution is 2.61. The Morgan fingerprint density at radius 3 is 2.60 bits per heavy atom. The molecule has 7 nitrogen and oxygen atoms in total. The first-order valence-corrected chi connectivity index (χ1v) is 13.3. The van der Waals surface area contributed by atoms with E-state index in [0.717, 1.165) is 6.07 Å². The summed E-state index contributed by atoms with van der Waals surface area (Å²) in [5.41, 5.74) is -1.53. The van der Waals surface area contributed by atoms with Crippen molar-refractivity contribution in [2.75, 3.05) is 6.61 Å². The van der Waals surface area contributed by atoms with Gasteiger partial charge in [-0.15, -0.1) is 0 Å². The van der Waals surface area contributed by atoms with Gasteiger partial charge in [-0.3, -0.25) is 4.79 Å². The molecule has 0 aromatic heterocycles. The van der Waals surface area contributed by atoms with Crippen LogP contribution in [0.4, 0.5) is 13.2 Å². The molecule has 0 saturated heterocycles. The molecule has 2 bridgehead atoms. The Morgan fingerprint density at radius 1 is 1.26 bits per heavy atom. The number of aliphatic hydroxyl groups excluding tert-OH is 2. The number of fused-ring (bicyclic) bond motifs is 1. The highest BCUT2D eigenvalue weighted by atomic mass is 35.5. The Kier molecular flexibility index (Phi) is 7.04. The third-order valence-electron chi connectivity index (χ3n) is 7.81. The van der Waals surface area contributed by atoms with Crippen LogP contribution in [0.25, 0.3) is 0 Å². The van der Waals surface area contributed by atoms with Gasteiger partial charge in [-0.05, 0) is 37.0 Å². The Bertz CT molecular complexity index is 1160. The molecule has 12 heteroatoms. The summed E-state index contributed by atoms with van der Waals surface area (Å²) in [5.74, 6) is -5.67. The summed E-state index contributed by atoms with van der Waals surface area (Å²) in [6.45, 7) is 0.752. The van der Waals surface area contributed by atoms with Crippen molar-refractivity contribution >= 4 is 27.3 Å². The van der Waals surface area contributed by atoms with E-state index in [0.29, 0.717) is 6.42 Å². The maximum atomic E-state index is 13.9. The lowest BCUT2D eigenvalue weighted by Crippen LogP contribution is -2.54. The van der Waals surface area contributed by atoms with Crippen LogP contribution < -0.4 is 5.32 Å². The number of nitrogens with one attached hydrogen (secondary N) is 1. The number of carbonyl (C=O) groups is 1. The first-order chi connectivity index (χ1) is 16.3. The summed E-state index contributed by atoms with van der Waals surface area (Å²) in [6, 6.07) is 2.54. The third-order valence-corrected chi connectivity index (χ3v) is 10.5. The second-order valence-electron chi connectivity index (χ2n) is 9.80. The Labute approximate surface area is 205 Å². The quantitative estimate of drug-likeness (QED) is 0.424. The summed E-state index contributed by atoms with van der Waals surface area (Å²) in [6.07, 6.45) is -3.40. The maximum Gasteiger partial charge on any atom is 0.251 e. The molecular weight excluding hydrogens is 511 g/mol. The lowest BCUT2D eigenvalue weighted by atomic mass is 9.65. The highest BCUT2D eigenvalue weighted by molar-refractivity contribution is 7.92. The van der Waals surface area contributed by atoms with Gasteiger partial charge in [0, 0.05) is 36.3 Å². The van der Waals surface area contributed by atoms with Crippen LogP contribution in [-0.4, -0.2) is 65.4 Å². The molecule has 0 heterocycles. The third kappa shape index (κ3) is 4.39. The van der Waals surface area contributed by atoms with Crippen molar-refractivity contribution in [3.05, 3.63) is 40.4 Å². The van der Waals surface area contributed by atoms with Crippen molar-refractivity contribution in [2.24, 2.45) is 17.8 Å². The maximum absolute atomic E-state index is 13.9. The van der Waals surface area contributed by atoms with Gasteiger partial charge in [-0.25, -0.2) is 21.6 Å². The minimum absolute atomic E-state index is 0.109. The van der Waals surface area contributed by atoms with E-state index in [1.54, 1.807) is 0 Å². The van der Waals surface area contributed by atoms with Crippen molar-refractivity contribution in [3.63, 3.8) is 0 Å². The average molecular weight is 538 g/mol. The molecule has 4 aliphatic rings. The molecule has 4 N–H and O–H groups in total. The molecule has 0 spiro atoms. The molecule has 1 amide bonds. The van der Waals surface area contributed by atoms with Crippen LogP contribution in [0.5, 0.6) is 0 Å². The van der Waals surface area contributed by atoms with Crippen molar-refractivity contribution in [1.29, 1.82) is 0 Å². The summed E-state index contributed by atoms with van der Waals surface area (Å²) in [7, 11) is -4.11. The topological polar surface area (TPSA) is 124 Å². The number of amides is 1. The molecular formula is C23H27ClF3NO6S. The minimum Gasteiger partial charge on any atom is -0.394 e. The van der Waals surface area contributed by atoms with Crippen LogP contribution in [0.1, 0.15) is 43.0 Å². The van der Waals surface area contributed by atoms with Gasteiger partial charge in [0.25, 0.3) is 5.91 Å². The van der Waals surface area contributed by atoms with Crippen molar-refractivity contribution in [2.45, 2.75) is 66.7 Å². The molecule has 3 fully saturated rings. The van der Waals surface area contributed by atoms with Gasteiger partial charge in [0.05, 0.1) is 33.5 Å². The van der Waals surface area contributed by atoms with Crippen LogP contribution in [0.2, 0.25) is 5.02 Å². The molecule has 5 rings (SSSR count). The fourth-order valence-corrected chi connectivity index (χ4v) is 8.38. The van der Waals surface area contributed by atoms with E-state index in [4.69, 9.17) is 16.7 Å². The molecule has 4 aliphatic carbocycles. The summed E-state index contributed by atoms with van der Waals surface area (Å²) < 4.78 is 68.2. The predicted octanol–water partition coefficient (Wildman–Crippen LogP) is 2.62. The zero-order chi connectivity index (χ0) is 25.9. The molecule has 0 radical (unpaired) electrons. The molecule has 3 saturated carbocycles. The average Bonchev–Trinajstić information content (AvgIpc) is 3.40. The van der Waals surface area contributed by atoms with Crippen LogP contribution in [0.3, 0.4) is 0 Å². The molecule has 1 aromatic rings. The largest absolute Gasteiger partial charge is 0.394 e. The fourth-order valence-electron chi connectivity index (χ4n) is 5.71. The lowest BCUT2D eigenvalue weighted by molar-refractivity contribution is -0.138. The number of alkyl halides is 1. The number of carbonyl (C=O) groups excluding carboxylic acids is 1. The van der Waals surface area contributed by atoms with Gasteiger partial charge in [0.2, 0.25) is 0 Å². The van der Waals surface area contributed by atoms with Crippen molar-refractivity contribution in [3.8, 4) is 0 Å². The Balaban J connectivity index is 1.56. The van der Waals surface area contributed by atoms with Gasteiger partial charge in [0.15, 0.2) is 21.8 Å². The number of sulfone groups is 1. The lowest BCUT2D eigenvalue weighted by Gasteiger charge is -2.47. The van der Waals surface area contributed by atoms with Gasteiger partial charge in [-0.2, -0.15) is 0 Å². The molecule has 35 heavy (non-hydrogen) atoms. The molecule has 8 atom stereocenters. The Morgan fingerprint density at radius 2 is 1.94 bits per heavy atom. The number of hydrogen-bond acceptors (Lipinski definition) is 6. The van der Waals surface area contributed by atoms with Crippen LogP contribution in [-0.2, 0) is 9.84 Å². The van der Waals surface area contributed by atoms with Crippen molar-refractivity contribution < 1.29 is 41.7 Å². The van der Waals surface area contributed by atoms with Crippen molar-refractivity contribution in [1.82, 2.24) is 5.32 Å². The number of halogens is 4. The number of rotatable bonds is 7. The second kappa shape index (κ2) is 9.33. The predicted molar refractivity (Wildman–Crippen MR) is 120 cm³/mol. The van der Waals surface area contributed by atoms with Gasteiger partial charge < -0.3 is 20.6 Å². The molecule has 6 unspecified atom stereocenters. The van der Waals surface area contributed by atoms with E-state index in [9.17, 15) is 36.6 Å². The van der Waals surface area contributed by atoms with Gasteiger partial charge in [-0.1, -0.05) is 18.5 Å². The monoisotopic (exact) mass is 537 g/mol. The molecule has 0 aliphatic heterocycles. The number of benzene rings is 1. The number of allylic oxidation sites excluding steroid dienone is 1. The van der Waals surface area contributed by atoms with E-state index < -0.39 is 81.4 Å². The van der Waals surface area contributed by atoms with E-state index in [1.165, 1.54) is 19.1 Å². The van der Waals surface area contributed by atoms with Crippen LogP contribution in [0.15, 0.2) is 34.7 Å². The van der Waals surface area contributed by atoms with E-state index in [-0.39, 0.29) is 34.2 Å². The smallest absolute Gasteiger partial charge is 0.251 e. The standard InChI is InChI=1S/C23H27ClF3NO6S/c1-10-17(7-16(25)21(27)20(10)26)28-22(31)11-2-3-15(24)19(4-11)35(33,34)18-6-12-5-14(18)23(12,32)8-13(30)9-29/h2-4,10,12-14,16-18,29-30,32H,5-9H2,1H3,(H,28,31)/t10?,12?,13?,14?,16?,17?,18-,23-/m1/s1. The highest BCUT2D eigenvalue weighted by Gasteiger charge is 2.66. The molecule has 194 valence electrons. The van der Waals surface area contributed by atoms with Crippen LogP contribution >= 0.6 is 11.6 Å².